The van der Waals surface area contributed by atoms with Crippen LogP contribution in [0.15, 0.2) is 59.1 Å². The van der Waals surface area contributed by atoms with Crippen molar-refractivity contribution in [2.24, 2.45) is 0 Å². The molecule has 3 aromatic rings. The van der Waals surface area contributed by atoms with Crippen molar-refractivity contribution in [3.05, 3.63) is 66.0 Å². The van der Waals surface area contributed by atoms with Crippen LogP contribution in [-0.2, 0) is 13.0 Å². The fraction of sp³-hybridized carbons (Fsp3) is 0.263. The fourth-order valence-electron chi connectivity index (χ4n) is 2.29. The monoisotopic (exact) mass is 323 g/mol. The summed E-state index contributed by atoms with van der Waals surface area (Å²) in [5.74, 6) is 1.99. The highest BCUT2D eigenvalue weighted by Gasteiger charge is 2.11. The van der Waals surface area contributed by atoms with Crippen LogP contribution >= 0.6 is 0 Å². The predicted octanol–water partition coefficient (Wildman–Crippen LogP) is 3.47. The van der Waals surface area contributed by atoms with E-state index in [1.165, 1.54) is 0 Å². The summed E-state index contributed by atoms with van der Waals surface area (Å²) < 4.78 is 11.2. The summed E-state index contributed by atoms with van der Waals surface area (Å²) in [5, 5.41) is 7.20. The minimum atomic E-state index is 0.302. The second-order valence-corrected chi connectivity index (χ2v) is 5.71. The topological polar surface area (TPSA) is 60.2 Å². The van der Waals surface area contributed by atoms with E-state index in [0.29, 0.717) is 24.4 Å². The van der Waals surface area contributed by atoms with Gasteiger partial charge in [-0.1, -0.05) is 41.6 Å². The maximum absolute atomic E-state index is 5.84. The smallest absolute Gasteiger partial charge is 0.258 e. The first-order valence-electron chi connectivity index (χ1n) is 8.01. The Morgan fingerprint density at radius 1 is 1.12 bits per heavy atom. The molecule has 1 heterocycles. The molecule has 3 rings (SSSR count). The Hall–Kier alpha value is -2.66. The molecule has 5 nitrogen and oxygen atoms in total. The van der Waals surface area contributed by atoms with Gasteiger partial charge in [0.05, 0.1) is 0 Å². The first-order chi connectivity index (χ1) is 11.7. The first-order valence-corrected chi connectivity index (χ1v) is 8.01. The van der Waals surface area contributed by atoms with E-state index in [0.717, 1.165) is 23.3 Å². The molecule has 0 saturated heterocycles. The second kappa shape index (κ2) is 7.75. The molecule has 0 fully saturated rings. The van der Waals surface area contributed by atoms with Crippen LogP contribution in [0.25, 0.3) is 11.5 Å². The standard InChI is InChI=1S/C19H21N3O2/c1-14(20-2)11-18-21-19(24-22-18)16-9-6-10-17(12-16)23-13-15-7-4-3-5-8-15/h3-10,12,14,20H,11,13H2,1-2H3. The van der Waals surface area contributed by atoms with Crippen molar-refractivity contribution >= 4 is 0 Å². The Kier molecular flexibility index (Phi) is 5.23. The number of aromatic nitrogens is 2. The highest BCUT2D eigenvalue weighted by atomic mass is 16.5. The Bertz CT molecular complexity index is 771. The zero-order chi connectivity index (χ0) is 16.8. The van der Waals surface area contributed by atoms with Crippen molar-refractivity contribution in [2.75, 3.05) is 7.05 Å². The maximum Gasteiger partial charge on any atom is 0.258 e. The van der Waals surface area contributed by atoms with Crippen molar-refractivity contribution < 1.29 is 9.26 Å². The lowest BCUT2D eigenvalue weighted by Gasteiger charge is -2.07. The average molecular weight is 323 g/mol. The molecule has 1 aromatic heterocycles. The summed E-state index contributed by atoms with van der Waals surface area (Å²) in [5.41, 5.74) is 1.99. The van der Waals surface area contributed by atoms with Gasteiger partial charge in [-0.2, -0.15) is 4.98 Å². The van der Waals surface area contributed by atoms with Crippen LogP contribution < -0.4 is 10.1 Å². The van der Waals surface area contributed by atoms with Gasteiger partial charge in [-0.25, -0.2) is 0 Å². The molecule has 124 valence electrons. The van der Waals surface area contributed by atoms with E-state index in [1.54, 1.807) is 0 Å². The molecule has 0 bridgehead atoms. The van der Waals surface area contributed by atoms with E-state index in [-0.39, 0.29) is 0 Å². The number of likely N-dealkylation sites (N-methyl/N-ethyl adjacent to an activating group) is 1. The highest BCUT2D eigenvalue weighted by molar-refractivity contribution is 5.55. The van der Waals surface area contributed by atoms with E-state index in [9.17, 15) is 0 Å². The molecule has 0 aliphatic heterocycles. The van der Waals surface area contributed by atoms with Gasteiger partial charge in [0.2, 0.25) is 0 Å². The van der Waals surface area contributed by atoms with E-state index < -0.39 is 0 Å². The summed E-state index contributed by atoms with van der Waals surface area (Å²) >= 11 is 0. The molecule has 0 aliphatic rings. The van der Waals surface area contributed by atoms with Crippen LogP contribution in [0.1, 0.15) is 18.3 Å². The van der Waals surface area contributed by atoms with Gasteiger partial charge in [0.15, 0.2) is 5.82 Å². The van der Waals surface area contributed by atoms with Crippen molar-refractivity contribution in [3.63, 3.8) is 0 Å². The summed E-state index contributed by atoms with van der Waals surface area (Å²) in [6.45, 7) is 2.60. The third kappa shape index (κ3) is 4.20. The van der Waals surface area contributed by atoms with Crippen molar-refractivity contribution in [2.45, 2.75) is 26.0 Å². The van der Waals surface area contributed by atoms with Crippen LogP contribution in [0, 0.1) is 0 Å². The third-order valence-corrected chi connectivity index (χ3v) is 3.78. The molecular weight excluding hydrogens is 302 g/mol. The van der Waals surface area contributed by atoms with Crippen molar-refractivity contribution in [1.82, 2.24) is 15.5 Å². The molecule has 1 N–H and O–H groups in total. The Labute approximate surface area is 141 Å². The zero-order valence-corrected chi connectivity index (χ0v) is 13.9. The maximum atomic E-state index is 5.84. The average Bonchev–Trinajstić information content (AvgIpc) is 3.09. The fourth-order valence-corrected chi connectivity index (χ4v) is 2.29. The summed E-state index contributed by atoms with van der Waals surface area (Å²) in [6, 6.07) is 18.1. The molecule has 1 atom stereocenters. The van der Waals surface area contributed by atoms with Crippen LogP contribution in [0.5, 0.6) is 5.75 Å². The molecule has 0 radical (unpaired) electrons. The predicted molar refractivity (Wildman–Crippen MR) is 92.7 cm³/mol. The number of benzene rings is 2. The number of nitrogens with one attached hydrogen (secondary N) is 1. The van der Waals surface area contributed by atoms with Crippen LogP contribution in [0.3, 0.4) is 0 Å². The second-order valence-electron chi connectivity index (χ2n) is 5.71. The molecule has 0 saturated carbocycles. The molecule has 0 spiro atoms. The van der Waals surface area contributed by atoms with Gasteiger partial charge < -0.3 is 14.6 Å². The van der Waals surface area contributed by atoms with Gasteiger partial charge in [-0.3, -0.25) is 0 Å². The lowest BCUT2D eigenvalue weighted by atomic mass is 10.2. The third-order valence-electron chi connectivity index (χ3n) is 3.78. The van der Waals surface area contributed by atoms with Gasteiger partial charge in [-0.05, 0) is 37.7 Å². The normalized spacial score (nSPS) is 12.1. The molecule has 5 heteroatoms. The number of ether oxygens (including phenoxy) is 1. The Morgan fingerprint density at radius 2 is 1.96 bits per heavy atom. The van der Waals surface area contributed by atoms with Gasteiger partial charge in [-0.15, -0.1) is 0 Å². The van der Waals surface area contributed by atoms with E-state index in [4.69, 9.17) is 9.26 Å². The van der Waals surface area contributed by atoms with Gasteiger partial charge in [0, 0.05) is 18.0 Å². The number of hydrogen-bond acceptors (Lipinski definition) is 5. The highest BCUT2D eigenvalue weighted by Crippen LogP contribution is 2.23. The van der Waals surface area contributed by atoms with Gasteiger partial charge in [0.1, 0.15) is 12.4 Å². The minimum absolute atomic E-state index is 0.302. The lowest BCUT2D eigenvalue weighted by Crippen LogP contribution is -2.24. The molecule has 2 aromatic carbocycles. The van der Waals surface area contributed by atoms with Crippen molar-refractivity contribution in [1.29, 1.82) is 0 Å². The largest absolute Gasteiger partial charge is 0.489 e. The number of hydrogen-bond donors (Lipinski definition) is 1. The summed E-state index contributed by atoms with van der Waals surface area (Å²) in [4.78, 5) is 4.45. The molecule has 24 heavy (non-hydrogen) atoms. The molecule has 1 unspecified atom stereocenters. The van der Waals surface area contributed by atoms with Crippen LogP contribution in [-0.4, -0.2) is 23.2 Å². The molecular formula is C19H21N3O2. The summed E-state index contributed by atoms with van der Waals surface area (Å²) in [6.07, 6.45) is 0.726. The van der Waals surface area contributed by atoms with Crippen molar-refractivity contribution in [3.8, 4) is 17.2 Å². The first kappa shape index (κ1) is 16.2. The number of nitrogens with zero attached hydrogens (tertiary/aromatic N) is 2. The van der Waals surface area contributed by atoms with Crippen LogP contribution in [0.4, 0.5) is 0 Å². The summed E-state index contributed by atoms with van der Waals surface area (Å²) in [7, 11) is 1.92. The minimum Gasteiger partial charge on any atom is -0.489 e. The quantitative estimate of drug-likeness (QED) is 0.721. The Morgan fingerprint density at radius 3 is 2.75 bits per heavy atom. The van der Waals surface area contributed by atoms with E-state index in [2.05, 4.69) is 22.4 Å². The van der Waals surface area contributed by atoms with Crippen LogP contribution in [0.2, 0.25) is 0 Å². The molecule has 0 amide bonds. The number of rotatable bonds is 7. The van der Waals surface area contributed by atoms with E-state index in [1.807, 2.05) is 61.6 Å². The lowest BCUT2D eigenvalue weighted by molar-refractivity contribution is 0.306. The van der Waals surface area contributed by atoms with E-state index >= 15 is 0 Å². The van der Waals surface area contributed by atoms with Gasteiger partial charge in [0.25, 0.3) is 5.89 Å². The zero-order valence-electron chi connectivity index (χ0n) is 13.9. The Balaban J connectivity index is 1.69. The SMILES string of the molecule is CNC(C)Cc1noc(-c2cccc(OCc3ccccc3)c2)n1. The molecule has 0 aliphatic carbocycles. The van der Waals surface area contributed by atoms with Gasteiger partial charge >= 0.3 is 0 Å².